The van der Waals surface area contributed by atoms with Crippen molar-refractivity contribution in [3.05, 3.63) is 0 Å². The molecule has 0 unspecified atom stereocenters. The Kier molecular flexibility index (Phi) is 41.0. The highest BCUT2D eigenvalue weighted by Gasteiger charge is 2.06. The average molecular weight is 704 g/mol. The van der Waals surface area contributed by atoms with E-state index in [1.807, 2.05) is 0 Å². The minimum Gasteiger partial charge on any atom is -1.00 e. The number of hydrogen-bond acceptors (Lipinski definition) is 4. The van der Waals surface area contributed by atoms with E-state index in [-0.39, 0.29) is 17.0 Å². The molecule has 0 spiro atoms. The zero-order chi connectivity index (χ0) is 32.6. The third kappa shape index (κ3) is 61.9. The summed E-state index contributed by atoms with van der Waals surface area (Å²) in [6, 6.07) is 0. The maximum Gasteiger partial charge on any atom is 0.217 e. The van der Waals surface area contributed by atoms with Crippen LogP contribution in [0, 0.1) is 0 Å². The van der Waals surface area contributed by atoms with E-state index in [4.69, 9.17) is 0 Å². The Bertz CT molecular complexity index is 582. The standard InChI is InChI=1S/2C17H38N.CH4O4S.BrH/c2*1-5-6-7-8-9-10-11-12-13-14-15-16-17-18(2,3)4;1-5-6(2,3)4;/h2*5-17H2,1-4H3;1H3,(H,2,3,4);1H/q2*+1;;/p-2. The molecule has 0 rings (SSSR count). The van der Waals surface area contributed by atoms with E-state index in [2.05, 4.69) is 60.3 Å². The van der Waals surface area contributed by atoms with Gasteiger partial charge in [0.15, 0.2) is 0 Å². The summed E-state index contributed by atoms with van der Waals surface area (Å²) in [5.41, 5.74) is 0. The van der Waals surface area contributed by atoms with E-state index >= 15 is 0 Å². The summed E-state index contributed by atoms with van der Waals surface area (Å²) in [4.78, 5) is 0. The molecule has 0 aromatic heterocycles. The molecule has 266 valence electrons. The molecule has 0 N–H and O–H groups in total. The highest BCUT2D eigenvalue weighted by Crippen LogP contribution is 2.13. The lowest BCUT2D eigenvalue weighted by atomic mass is 10.1. The average Bonchev–Trinajstić information content (AvgIpc) is 2.89. The fourth-order valence-electron chi connectivity index (χ4n) is 4.85. The van der Waals surface area contributed by atoms with Crippen molar-refractivity contribution in [3.63, 3.8) is 0 Å². The predicted molar refractivity (Wildman–Crippen MR) is 185 cm³/mol. The number of unbranched alkanes of at least 4 members (excludes halogenated alkanes) is 22. The van der Waals surface area contributed by atoms with Gasteiger partial charge in [0, 0.05) is 0 Å². The van der Waals surface area contributed by atoms with Gasteiger partial charge in [-0.05, 0) is 25.7 Å². The van der Waals surface area contributed by atoms with E-state index in [0.717, 1.165) is 16.1 Å². The molecule has 0 fully saturated rings. The highest BCUT2D eigenvalue weighted by atomic mass is 79.9. The second-order valence-electron chi connectivity index (χ2n) is 14.4. The molecule has 0 atom stereocenters. The van der Waals surface area contributed by atoms with E-state index in [9.17, 15) is 13.0 Å². The quantitative estimate of drug-likeness (QED) is 0.0405. The zero-order valence-corrected chi connectivity index (χ0v) is 33.1. The molecule has 0 amide bonds. The number of nitrogens with zero attached hydrogens (tertiary/aromatic N) is 2. The normalized spacial score (nSPS) is 11.7. The molecule has 0 aromatic carbocycles. The molecule has 0 radical (unpaired) electrons. The van der Waals surface area contributed by atoms with Gasteiger partial charge in [-0.1, -0.05) is 142 Å². The molecular weight excluding hydrogens is 624 g/mol. The molecule has 0 aliphatic rings. The van der Waals surface area contributed by atoms with E-state index in [1.54, 1.807) is 0 Å². The summed E-state index contributed by atoms with van der Waals surface area (Å²) < 4.78 is 33.3. The van der Waals surface area contributed by atoms with Crippen molar-refractivity contribution in [2.75, 3.05) is 62.5 Å². The Morgan fingerprint density at radius 1 is 0.442 bits per heavy atom. The Labute approximate surface area is 283 Å². The maximum absolute atomic E-state index is 9.22. The summed E-state index contributed by atoms with van der Waals surface area (Å²) in [5, 5.41) is 0. The van der Waals surface area contributed by atoms with Crippen molar-refractivity contribution >= 4 is 10.4 Å². The van der Waals surface area contributed by atoms with Gasteiger partial charge >= 0.3 is 0 Å². The van der Waals surface area contributed by atoms with Crippen LogP contribution in [0.4, 0.5) is 0 Å². The first kappa shape index (κ1) is 50.1. The largest absolute Gasteiger partial charge is 1.00 e. The second kappa shape index (κ2) is 35.1. The Morgan fingerprint density at radius 2 is 0.605 bits per heavy atom. The molecule has 0 saturated heterocycles. The molecule has 0 aromatic rings. The van der Waals surface area contributed by atoms with Crippen molar-refractivity contribution in [1.29, 1.82) is 0 Å². The molecule has 43 heavy (non-hydrogen) atoms. The number of rotatable bonds is 27. The summed E-state index contributed by atoms with van der Waals surface area (Å²) >= 11 is 0. The number of hydrogen-bond donors (Lipinski definition) is 0. The molecule has 0 aliphatic heterocycles. The van der Waals surface area contributed by atoms with Crippen LogP contribution in [0.1, 0.15) is 168 Å². The monoisotopic (exact) mass is 702 g/mol. The number of halogens is 1. The fraction of sp³-hybridized carbons (Fsp3) is 1.00. The second-order valence-corrected chi connectivity index (χ2v) is 15.5. The first-order chi connectivity index (χ1) is 19.7. The van der Waals surface area contributed by atoms with E-state index in [1.165, 1.54) is 167 Å². The molecule has 0 aliphatic carbocycles. The van der Waals surface area contributed by atoms with Gasteiger partial charge in [-0.15, -0.1) is 0 Å². The smallest absolute Gasteiger partial charge is 0.217 e. The van der Waals surface area contributed by atoms with Crippen LogP contribution in [0.2, 0.25) is 0 Å². The van der Waals surface area contributed by atoms with Gasteiger partial charge in [-0.3, -0.25) is 4.18 Å². The van der Waals surface area contributed by atoms with Crippen molar-refractivity contribution in [3.8, 4) is 0 Å². The van der Waals surface area contributed by atoms with Crippen LogP contribution in [0.15, 0.2) is 0 Å². The maximum atomic E-state index is 9.22. The van der Waals surface area contributed by atoms with Crippen molar-refractivity contribution in [1.82, 2.24) is 0 Å². The lowest BCUT2D eigenvalue weighted by Crippen LogP contribution is -3.00. The van der Waals surface area contributed by atoms with Gasteiger partial charge in [0.25, 0.3) is 0 Å². The van der Waals surface area contributed by atoms with Gasteiger partial charge in [-0.2, -0.15) is 0 Å². The summed E-state index contributed by atoms with van der Waals surface area (Å²) in [6.45, 7) is 7.24. The van der Waals surface area contributed by atoms with Crippen LogP contribution >= 0.6 is 0 Å². The van der Waals surface area contributed by atoms with Crippen LogP contribution in [0.5, 0.6) is 0 Å². The number of quaternary nitrogens is 2. The minimum atomic E-state index is -4.41. The molecule has 0 bridgehead atoms. The van der Waals surface area contributed by atoms with Crippen molar-refractivity contribution in [2.24, 2.45) is 0 Å². The molecular formula is C35H79BrN2O4S. The lowest BCUT2D eigenvalue weighted by Gasteiger charge is -2.23. The van der Waals surface area contributed by atoms with Crippen LogP contribution in [0.25, 0.3) is 0 Å². The molecule has 8 heteroatoms. The van der Waals surface area contributed by atoms with Crippen molar-refractivity contribution in [2.45, 2.75) is 168 Å². The summed E-state index contributed by atoms with van der Waals surface area (Å²) in [5.74, 6) is 0. The third-order valence-electron chi connectivity index (χ3n) is 7.57. The Hall–Kier alpha value is 0.270. The molecule has 0 saturated carbocycles. The predicted octanol–water partition coefficient (Wildman–Crippen LogP) is 6.88. The molecule has 0 heterocycles. The van der Waals surface area contributed by atoms with E-state index in [0.29, 0.717) is 0 Å². The van der Waals surface area contributed by atoms with Crippen LogP contribution in [0.3, 0.4) is 0 Å². The van der Waals surface area contributed by atoms with Crippen LogP contribution in [-0.4, -0.2) is 84.4 Å². The summed E-state index contributed by atoms with van der Waals surface area (Å²) in [7, 11) is 10.1. The lowest BCUT2D eigenvalue weighted by molar-refractivity contribution is -0.870. The Balaban J connectivity index is -0.000000292. The zero-order valence-electron chi connectivity index (χ0n) is 30.7. The van der Waals surface area contributed by atoms with Crippen LogP contribution in [-0.2, 0) is 14.6 Å². The third-order valence-corrected chi connectivity index (χ3v) is 7.98. The van der Waals surface area contributed by atoms with Crippen LogP contribution < -0.4 is 17.0 Å². The topological polar surface area (TPSA) is 66.4 Å². The van der Waals surface area contributed by atoms with Gasteiger partial charge < -0.3 is 30.5 Å². The van der Waals surface area contributed by atoms with Gasteiger partial charge in [-0.25, -0.2) is 8.42 Å². The molecule has 6 nitrogen and oxygen atoms in total. The first-order valence-electron chi connectivity index (χ1n) is 17.8. The van der Waals surface area contributed by atoms with Gasteiger partial charge in [0.2, 0.25) is 10.4 Å². The minimum absolute atomic E-state index is 0. The van der Waals surface area contributed by atoms with Crippen molar-refractivity contribution < 1.29 is 43.1 Å². The van der Waals surface area contributed by atoms with Gasteiger partial charge in [0.1, 0.15) is 0 Å². The SMILES string of the molecule is CCCCCCCCCCCCCC[N+](C)(C)C.CCCCCCCCCCCCCC[N+](C)(C)C.COS(=O)(=O)[O-].[Br-]. The van der Waals surface area contributed by atoms with E-state index < -0.39 is 10.4 Å². The summed E-state index contributed by atoms with van der Waals surface area (Å²) in [6.07, 6.45) is 34.8. The Morgan fingerprint density at radius 3 is 0.744 bits per heavy atom. The first-order valence-corrected chi connectivity index (χ1v) is 19.1. The highest BCUT2D eigenvalue weighted by molar-refractivity contribution is 7.80. The van der Waals surface area contributed by atoms with Gasteiger partial charge in [0.05, 0.1) is 62.5 Å². The fourth-order valence-corrected chi connectivity index (χ4v) is 4.85.